The minimum Gasteiger partial charge on any atom is -0.269 e. The van der Waals surface area contributed by atoms with Crippen LogP contribution in [0.5, 0.6) is 0 Å². The van der Waals surface area contributed by atoms with Crippen LogP contribution in [0.3, 0.4) is 0 Å². The van der Waals surface area contributed by atoms with E-state index in [9.17, 15) is 0 Å². The molecular formula is C15H14BrN3. The highest BCUT2D eigenvalue weighted by molar-refractivity contribution is 9.10. The van der Waals surface area contributed by atoms with Gasteiger partial charge in [0.15, 0.2) is 0 Å². The van der Waals surface area contributed by atoms with Gasteiger partial charge in [0.25, 0.3) is 0 Å². The van der Waals surface area contributed by atoms with Crippen LogP contribution in [0.1, 0.15) is 11.1 Å². The molecule has 1 N–H and O–H groups in total. The molecule has 0 aromatic heterocycles. The van der Waals surface area contributed by atoms with Gasteiger partial charge in [0.2, 0.25) is 0 Å². The molecule has 0 aliphatic rings. The highest BCUT2D eigenvalue weighted by Crippen LogP contribution is 2.13. The molecule has 0 aliphatic heterocycles. The zero-order valence-electron chi connectivity index (χ0n) is 10.3. The molecule has 0 unspecified atom stereocenters. The van der Waals surface area contributed by atoms with Crippen LogP contribution in [0.4, 0.5) is 0 Å². The molecular weight excluding hydrogens is 302 g/mol. The number of hydrazone groups is 1. The van der Waals surface area contributed by atoms with E-state index in [0.29, 0.717) is 6.54 Å². The van der Waals surface area contributed by atoms with E-state index in [1.54, 1.807) is 12.6 Å². The molecule has 0 amide bonds. The number of halogens is 1. The summed E-state index contributed by atoms with van der Waals surface area (Å²) < 4.78 is 1.02. The Balaban J connectivity index is 1.79. The van der Waals surface area contributed by atoms with Gasteiger partial charge < -0.3 is 0 Å². The van der Waals surface area contributed by atoms with E-state index in [1.807, 2.05) is 54.6 Å². The third kappa shape index (κ3) is 4.67. The first kappa shape index (κ1) is 13.5. The van der Waals surface area contributed by atoms with Crippen molar-refractivity contribution in [3.8, 4) is 0 Å². The average Bonchev–Trinajstić information content (AvgIpc) is 2.45. The predicted octanol–water partition coefficient (Wildman–Crippen LogP) is 3.60. The summed E-state index contributed by atoms with van der Waals surface area (Å²) >= 11 is 3.46. The quantitative estimate of drug-likeness (QED) is 0.511. The van der Waals surface area contributed by atoms with E-state index in [-0.39, 0.29) is 0 Å². The number of hydrogen-bond acceptors (Lipinski definition) is 2. The second kappa shape index (κ2) is 7.48. The number of nitrogens with zero attached hydrogens (tertiary/aromatic N) is 2. The SMILES string of the molecule is Brc1ccccc1/C=N/NC=NCc1ccccc1. The monoisotopic (exact) mass is 315 g/mol. The first-order valence-corrected chi connectivity index (χ1v) is 6.71. The van der Waals surface area contributed by atoms with Gasteiger partial charge >= 0.3 is 0 Å². The Morgan fingerprint density at radius 3 is 2.53 bits per heavy atom. The lowest BCUT2D eigenvalue weighted by atomic mass is 10.2. The summed E-state index contributed by atoms with van der Waals surface area (Å²) in [5.41, 5.74) is 4.98. The van der Waals surface area contributed by atoms with E-state index in [2.05, 4.69) is 31.4 Å². The van der Waals surface area contributed by atoms with Gasteiger partial charge in [-0.05, 0) is 11.6 Å². The molecule has 2 aromatic rings. The molecule has 0 radical (unpaired) electrons. The van der Waals surface area contributed by atoms with Crippen molar-refractivity contribution in [1.29, 1.82) is 0 Å². The standard InChI is InChI=1S/C15H14BrN3/c16-15-9-5-4-8-14(15)11-18-19-12-17-10-13-6-2-1-3-7-13/h1-9,11-12H,10H2,(H,17,19)/b18-11+. The molecule has 0 aliphatic carbocycles. The molecule has 19 heavy (non-hydrogen) atoms. The van der Waals surface area contributed by atoms with Gasteiger partial charge in [0, 0.05) is 10.0 Å². The van der Waals surface area contributed by atoms with Crippen LogP contribution in [0.15, 0.2) is 69.2 Å². The predicted molar refractivity (Wildman–Crippen MR) is 83.5 cm³/mol. The van der Waals surface area contributed by atoms with Crippen LogP contribution in [-0.4, -0.2) is 12.6 Å². The Morgan fingerprint density at radius 1 is 1.00 bits per heavy atom. The normalized spacial score (nSPS) is 11.2. The van der Waals surface area contributed by atoms with E-state index in [1.165, 1.54) is 5.56 Å². The summed E-state index contributed by atoms with van der Waals surface area (Å²) in [6.07, 6.45) is 3.35. The third-order valence-electron chi connectivity index (χ3n) is 2.45. The molecule has 2 rings (SSSR count). The van der Waals surface area contributed by atoms with Gasteiger partial charge in [-0.1, -0.05) is 64.5 Å². The van der Waals surface area contributed by atoms with E-state index in [4.69, 9.17) is 0 Å². The summed E-state index contributed by atoms with van der Waals surface area (Å²) in [5, 5.41) is 4.08. The summed E-state index contributed by atoms with van der Waals surface area (Å²) in [7, 11) is 0. The molecule has 2 aromatic carbocycles. The van der Waals surface area contributed by atoms with Crippen LogP contribution in [0, 0.1) is 0 Å². The first-order valence-electron chi connectivity index (χ1n) is 5.91. The second-order valence-electron chi connectivity index (χ2n) is 3.86. The lowest BCUT2D eigenvalue weighted by Gasteiger charge is -1.96. The number of aliphatic imine (C=N–C) groups is 1. The fraction of sp³-hybridized carbons (Fsp3) is 0.0667. The maximum absolute atomic E-state index is 4.23. The molecule has 0 bridgehead atoms. The number of hydrogen-bond donors (Lipinski definition) is 1. The Bertz CT molecular complexity index is 565. The molecule has 96 valence electrons. The minimum absolute atomic E-state index is 0.651. The molecule has 4 heteroatoms. The molecule has 0 spiro atoms. The summed E-state index contributed by atoms with van der Waals surface area (Å²) in [6.45, 7) is 0.651. The first-order chi connectivity index (χ1) is 9.36. The van der Waals surface area contributed by atoms with E-state index >= 15 is 0 Å². The number of benzene rings is 2. The van der Waals surface area contributed by atoms with Crippen LogP contribution >= 0.6 is 15.9 Å². The molecule has 0 fully saturated rings. The molecule has 0 atom stereocenters. The zero-order chi connectivity index (χ0) is 13.3. The molecule has 0 saturated carbocycles. The van der Waals surface area contributed by atoms with E-state index in [0.717, 1.165) is 10.0 Å². The summed E-state index contributed by atoms with van der Waals surface area (Å²) in [6, 6.07) is 18.0. The van der Waals surface area contributed by atoms with Crippen molar-refractivity contribution in [1.82, 2.24) is 5.43 Å². The molecule has 0 heterocycles. The Hall–Kier alpha value is -1.94. The van der Waals surface area contributed by atoms with Crippen molar-refractivity contribution in [2.24, 2.45) is 10.1 Å². The fourth-order valence-electron chi connectivity index (χ4n) is 1.50. The van der Waals surface area contributed by atoms with Crippen molar-refractivity contribution in [2.45, 2.75) is 6.54 Å². The van der Waals surface area contributed by atoms with Gasteiger partial charge in [0.05, 0.1) is 12.8 Å². The van der Waals surface area contributed by atoms with Crippen molar-refractivity contribution >= 4 is 28.5 Å². The number of rotatable bonds is 5. The van der Waals surface area contributed by atoms with Gasteiger partial charge in [0.1, 0.15) is 6.34 Å². The zero-order valence-corrected chi connectivity index (χ0v) is 11.9. The second-order valence-corrected chi connectivity index (χ2v) is 4.72. The Morgan fingerprint density at radius 2 is 1.74 bits per heavy atom. The smallest absolute Gasteiger partial charge is 0.103 e. The fourth-order valence-corrected chi connectivity index (χ4v) is 1.88. The Kier molecular flexibility index (Phi) is 5.31. The van der Waals surface area contributed by atoms with Crippen molar-refractivity contribution in [3.05, 3.63) is 70.2 Å². The highest BCUT2D eigenvalue weighted by atomic mass is 79.9. The van der Waals surface area contributed by atoms with Gasteiger partial charge in [-0.25, -0.2) is 0 Å². The maximum Gasteiger partial charge on any atom is 0.103 e. The van der Waals surface area contributed by atoms with Crippen molar-refractivity contribution < 1.29 is 0 Å². The lowest BCUT2D eigenvalue weighted by Crippen LogP contribution is -2.02. The summed E-state index contributed by atoms with van der Waals surface area (Å²) in [5.74, 6) is 0. The molecule has 0 saturated heterocycles. The van der Waals surface area contributed by atoms with Crippen molar-refractivity contribution in [2.75, 3.05) is 0 Å². The Labute approximate surface area is 121 Å². The van der Waals surface area contributed by atoms with Crippen LogP contribution in [-0.2, 0) is 6.54 Å². The average molecular weight is 316 g/mol. The van der Waals surface area contributed by atoms with Gasteiger partial charge in [-0.15, -0.1) is 0 Å². The van der Waals surface area contributed by atoms with Crippen LogP contribution < -0.4 is 5.43 Å². The largest absolute Gasteiger partial charge is 0.269 e. The topological polar surface area (TPSA) is 36.8 Å². The lowest BCUT2D eigenvalue weighted by molar-refractivity contribution is 1.01. The highest BCUT2D eigenvalue weighted by Gasteiger charge is 1.92. The van der Waals surface area contributed by atoms with Crippen molar-refractivity contribution in [3.63, 3.8) is 0 Å². The number of nitrogens with one attached hydrogen (secondary N) is 1. The van der Waals surface area contributed by atoms with Crippen LogP contribution in [0.2, 0.25) is 0 Å². The minimum atomic E-state index is 0.651. The van der Waals surface area contributed by atoms with Gasteiger partial charge in [-0.3, -0.25) is 10.4 Å². The van der Waals surface area contributed by atoms with Crippen LogP contribution in [0.25, 0.3) is 0 Å². The maximum atomic E-state index is 4.23. The van der Waals surface area contributed by atoms with E-state index < -0.39 is 0 Å². The molecule has 3 nitrogen and oxygen atoms in total. The van der Waals surface area contributed by atoms with Gasteiger partial charge in [-0.2, -0.15) is 5.10 Å². The summed E-state index contributed by atoms with van der Waals surface area (Å²) in [4.78, 5) is 4.23. The third-order valence-corrected chi connectivity index (χ3v) is 3.17.